The highest BCUT2D eigenvalue weighted by molar-refractivity contribution is 5.92. The highest BCUT2D eigenvalue weighted by atomic mass is 16.2. The summed E-state index contributed by atoms with van der Waals surface area (Å²) in [5.74, 6) is 1.36. The van der Waals surface area contributed by atoms with Crippen LogP contribution in [-0.2, 0) is 6.54 Å². The fourth-order valence-corrected chi connectivity index (χ4v) is 4.11. The molecule has 2 aliphatic rings. The first-order chi connectivity index (χ1) is 12.6. The van der Waals surface area contributed by atoms with Crippen molar-refractivity contribution in [1.29, 1.82) is 0 Å². The van der Waals surface area contributed by atoms with Crippen LogP contribution < -0.4 is 5.56 Å². The summed E-state index contributed by atoms with van der Waals surface area (Å²) in [7, 11) is 0. The number of hydrogen-bond donors (Lipinski definition) is 0. The molecule has 2 fully saturated rings. The summed E-state index contributed by atoms with van der Waals surface area (Å²) >= 11 is 0. The van der Waals surface area contributed by atoms with Gasteiger partial charge in [-0.1, -0.05) is 13.8 Å². The number of aryl methyl sites for hydroxylation is 1. The number of nitrogens with zero attached hydrogens (tertiary/aromatic N) is 4. The molecule has 6 heteroatoms. The van der Waals surface area contributed by atoms with Crippen LogP contribution in [0.1, 0.15) is 56.4 Å². The first kappa shape index (κ1) is 19.1. The molecule has 144 valence electrons. The van der Waals surface area contributed by atoms with Crippen LogP contribution in [0.5, 0.6) is 0 Å². The first-order valence-electron chi connectivity index (χ1n) is 10.2. The summed E-state index contributed by atoms with van der Waals surface area (Å²) in [6.07, 6.45) is 5.65. The minimum Gasteiger partial charge on any atom is -0.337 e. The second-order valence-corrected chi connectivity index (χ2v) is 8.02. The fraction of sp³-hybridized carbons (Fsp3) is 0.750. The zero-order valence-electron chi connectivity index (χ0n) is 16.2. The van der Waals surface area contributed by atoms with Gasteiger partial charge in [-0.3, -0.25) is 9.59 Å². The topological polar surface area (TPSA) is 58.4 Å². The van der Waals surface area contributed by atoms with E-state index < -0.39 is 0 Å². The highest BCUT2D eigenvalue weighted by Crippen LogP contribution is 2.22. The molecule has 1 aromatic rings. The van der Waals surface area contributed by atoms with Gasteiger partial charge >= 0.3 is 0 Å². The number of likely N-dealkylation sites (tertiary alicyclic amines) is 2. The van der Waals surface area contributed by atoms with E-state index in [0.717, 1.165) is 38.4 Å². The number of carbonyl (C=O) groups is 1. The Morgan fingerprint density at radius 3 is 2.69 bits per heavy atom. The predicted octanol–water partition coefficient (Wildman–Crippen LogP) is 2.24. The summed E-state index contributed by atoms with van der Waals surface area (Å²) in [5.41, 5.74) is 0.254. The Morgan fingerprint density at radius 2 is 1.96 bits per heavy atom. The van der Waals surface area contributed by atoms with Gasteiger partial charge in [0.1, 0.15) is 5.69 Å². The summed E-state index contributed by atoms with van der Waals surface area (Å²) in [6.45, 7) is 9.96. The molecule has 0 radical (unpaired) electrons. The minimum absolute atomic E-state index is 0.0354. The van der Waals surface area contributed by atoms with Crippen molar-refractivity contribution >= 4 is 5.91 Å². The standard InChI is InChI=1S/C20H32N4O2/c1-3-10-24-19(25)7-6-18(21-24)20(26)23-11-4-5-17(15-23)14-22-12-8-16(2)9-13-22/h6-7,16-17H,3-5,8-15H2,1-2H3. The SMILES string of the molecule is CCCn1nc(C(=O)N2CCCC(CN3CCC(C)CC3)C2)ccc1=O. The number of hydrogen-bond acceptors (Lipinski definition) is 4. The van der Waals surface area contributed by atoms with E-state index >= 15 is 0 Å². The molecule has 6 nitrogen and oxygen atoms in total. The third-order valence-electron chi connectivity index (χ3n) is 5.72. The summed E-state index contributed by atoms with van der Waals surface area (Å²) in [4.78, 5) is 29.2. The van der Waals surface area contributed by atoms with Gasteiger partial charge in [0.2, 0.25) is 0 Å². The largest absolute Gasteiger partial charge is 0.337 e. The Hall–Kier alpha value is -1.69. The molecule has 0 aliphatic carbocycles. The molecule has 2 saturated heterocycles. The zero-order chi connectivity index (χ0) is 18.5. The number of carbonyl (C=O) groups excluding carboxylic acids is 1. The average Bonchev–Trinajstić information content (AvgIpc) is 2.65. The van der Waals surface area contributed by atoms with E-state index in [9.17, 15) is 9.59 Å². The van der Waals surface area contributed by atoms with Crippen molar-refractivity contribution in [1.82, 2.24) is 19.6 Å². The third-order valence-corrected chi connectivity index (χ3v) is 5.72. The van der Waals surface area contributed by atoms with Gasteiger partial charge in [0.25, 0.3) is 11.5 Å². The van der Waals surface area contributed by atoms with Crippen molar-refractivity contribution < 1.29 is 4.79 Å². The van der Waals surface area contributed by atoms with E-state index in [1.165, 1.54) is 43.1 Å². The molecule has 3 heterocycles. The lowest BCUT2D eigenvalue weighted by atomic mass is 9.94. The second kappa shape index (κ2) is 8.80. The number of rotatable bonds is 5. The monoisotopic (exact) mass is 360 g/mol. The summed E-state index contributed by atoms with van der Waals surface area (Å²) < 4.78 is 1.41. The maximum atomic E-state index is 12.9. The molecule has 2 aliphatic heterocycles. The van der Waals surface area contributed by atoms with E-state index in [1.54, 1.807) is 6.07 Å². The van der Waals surface area contributed by atoms with Crippen LogP contribution >= 0.6 is 0 Å². The molecule has 0 aromatic carbocycles. The highest BCUT2D eigenvalue weighted by Gasteiger charge is 2.27. The Morgan fingerprint density at radius 1 is 1.19 bits per heavy atom. The number of amides is 1. The second-order valence-electron chi connectivity index (χ2n) is 8.02. The zero-order valence-corrected chi connectivity index (χ0v) is 16.2. The van der Waals surface area contributed by atoms with Crippen LogP contribution in [0.3, 0.4) is 0 Å². The molecule has 0 spiro atoms. The maximum absolute atomic E-state index is 12.9. The molecule has 3 rings (SSSR count). The van der Waals surface area contributed by atoms with Crippen molar-refractivity contribution in [2.75, 3.05) is 32.7 Å². The van der Waals surface area contributed by atoms with E-state index in [0.29, 0.717) is 18.2 Å². The third kappa shape index (κ3) is 4.72. The molecule has 26 heavy (non-hydrogen) atoms. The van der Waals surface area contributed by atoms with Crippen molar-refractivity contribution in [3.63, 3.8) is 0 Å². The van der Waals surface area contributed by atoms with Crippen molar-refractivity contribution in [2.45, 2.75) is 52.5 Å². The van der Waals surface area contributed by atoms with Gasteiger partial charge in [-0.2, -0.15) is 5.10 Å². The Balaban J connectivity index is 1.61. The van der Waals surface area contributed by atoms with Crippen molar-refractivity contribution in [2.24, 2.45) is 11.8 Å². The van der Waals surface area contributed by atoms with E-state index in [2.05, 4.69) is 16.9 Å². The van der Waals surface area contributed by atoms with Crippen LogP contribution in [0.25, 0.3) is 0 Å². The molecule has 1 amide bonds. The van der Waals surface area contributed by atoms with E-state index in [1.807, 2.05) is 11.8 Å². The van der Waals surface area contributed by atoms with Crippen LogP contribution in [-0.4, -0.2) is 58.2 Å². The van der Waals surface area contributed by atoms with Crippen LogP contribution in [0, 0.1) is 11.8 Å². The van der Waals surface area contributed by atoms with Gasteiger partial charge < -0.3 is 9.80 Å². The first-order valence-corrected chi connectivity index (χ1v) is 10.2. The van der Waals surface area contributed by atoms with E-state index in [-0.39, 0.29) is 11.5 Å². The minimum atomic E-state index is -0.140. The van der Waals surface area contributed by atoms with Gasteiger partial charge in [0.05, 0.1) is 0 Å². The lowest BCUT2D eigenvalue weighted by Crippen LogP contribution is -2.45. The normalized spacial score (nSPS) is 22.5. The van der Waals surface area contributed by atoms with Gasteiger partial charge in [-0.05, 0) is 63.1 Å². The quantitative estimate of drug-likeness (QED) is 0.808. The van der Waals surface area contributed by atoms with Gasteiger partial charge in [0.15, 0.2) is 0 Å². The van der Waals surface area contributed by atoms with Crippen molar-refractivity contribution in [3.05, 3.63) is 28.2 Å². The van der Waals surface area contributed by atoms with Crippen LogP contribution in [0.2, 0.25) is 0 Å². The predicted molar refractivity (Wildman–Crippen MR) is 102 cm³/mol. The molecule has 1 aromatic heterocycles. The fourth-order valence-electron chi connectivity index (χ4n) is 4.11. The smallest absolute Gasteiger partial charge is 0.274 e. The lowest BCUT2D eigenvalue weighted by molar-refractivity contribution is 0.0614. The summed E-state index contributed by atoms with van der Waals surface area (Å²) in [5, 5.41) is 4.29. The summed E-state index contributed by atoms with van der Waals surface area (Å²) in [6, 6.07) is 3.04. The van der Waals surface area contributed by atoms with Crippen LogP contribution in [0.15, 0.2) is 16.9 Å². The lowest BCUT2D eigenvalue weighted by Gasteiger charge is -2.37. The molecular weight excluding hydrogens is 328 g/mol. The maximum Gasteiger partial charge on any atom is 0.274 e. The molecule has 0 saturated carbocycles. The molecule has 1 atom stereocenters. The van der Waals surface area contributed by atoms with Gasteiger partial charge in [-0.15, -0.1) is 0 Å². The Kier molecular flexibility index (Phi) is 6.46. The van der Waals surface area contributed by atoms with Crippen LogP contribution in [0.4, 0.5) is 0 Å². The molecular formula is C20H32N4O2. The van der Waals surface area contributed by atoms with Gasteiger partial charge in [0, 0.05) is 32.2 Å². The number of piperidine rings is 2. The number of aromatic nitrogens is 2. The Labute approximate surface area is 156 Å². The van der Waals surface area contributed by atoms with Crippen molar-refractivity contribution in [3.8, 4) is 0 Å². The molecule has 0 bridgehead atoms. The molecule has 0 N–H and O–H groups in total. The Bertz CT molecular complexity index is 664. The molecule has 1 unspecified atom stereocenters. The average molecular weight is 361 g/mol. The van der Waals surface area contributed by atoms with E-state index in [4.69, 9.17) is 0 Å². The van der Waals surface area contributed by atoms with Gasteiger partial charge in [-0.25, -0.2) is 4.68 Å².